The third-order valence-electron chi connectivity index (χ3n) is 3.33. The van der Waals surface area contributed by atoms with E-state index in [2.05, 4.69) is 4.72 Å². The van der Waals surface area contributed by atoms with Crippen LogP contribution < -0.4 is 9.46 Å². The fourth-order valence-electron chi connectivity index (χ4n) is 1.93. The first kappa shape index (κ1) is 20.9. The average molecular weight is 379 g/mol. The van der Waals surface area contributed by atoms with Crippen molar-refractivity contribution in [1.82, 2.24) is 9.03 Å². The Kier molecular flexibility index (Phi) is 7.21. The molecule has 9 heteroatoms. The Hall–Kier alpha value is -1.16. The second-order valence-electron chi connectivity index (χ2n) is 5.93. The Morgan fingerprint density at radius 2 is 1.83 bits per heavy atom. The van der Waals surface area contributed by atoms with Crippen LogP contribution in [-0.4, -0.2) is 53.6 Å². The highest BCUT2D eigenvalue weighted by Crippen LogP contribution is 2.22. The highest BCUT2D eigenvalue weighted by atomic mass is 32.2. The van der Waals surface area contributed by atoms with Crippen LogP contribution in [0.25, 0.3) is 0 Å². The maximum absolute atomic E-state index is 12.3. The number of nitrogens with one attached hydrogen (secondary N) is 1. The summed E-state index contributed by atoms with van der Waals surface area (Å²) in [5, 5.41) is 0. The van der Waals surface area contributed by atoms with Gasteiger partial charge in [0.25, 0.3) is 0 Å². The minimum absolute atomic E-state index is 0.0103. The molecule has 0 saturated heterocycles. The van der Waals surface area contributed by atoms with Crippen molar-refractivity contribution in [3.05, 3.63) is 23.8 Å². The number of ether oxygens (including phenoxy) is 1. The second-order valence-corrected chi connectivity index (χ2v) is 9.79. The summed E-state index contributed by atoms with van der Waals surface area (Å²) in [7, 11) is -5.43. The molecule has 0 saturated carbocycles. The molecule has 0 spiro atoms. The molecule has 0 aromatic heterocycles. The third kappa shape index (κ3) is 6.39. The quantitative estimate of drug-likeness (QED) is 0.655. The molecular formula is C15H26N2O5S2. The van der Waals surface area contributed by atoms with Crippen LogP contribution in [0.3, 0.4) is 0 Å². The molecule has 0 bridgehead atoms. The fraction of sp³-hybridized carbons (Fsp3) is 0.600. The molecule has 1 aromatic rings. The van der Waals surface area contributed by atoms with Crippen molar-refractivity contribution in [3.8, 4) is 5.75 Å². The van der Waals surface area contributed by atoms with Crippen LogP contribution in [0.2, 0.25) is 0 Å². The number of hydrogen-bond acceptors (Lipinski definition) is 5. The zero-order chi connectivity index (χ0) is 18.5. The van der Waals surface area contributed by atoms with Crippen LogP contribution in [-0.2, 0) is 20.0 Å². The van der Waals surface area contributed by atoms with Crippen LogP contribution in [0.4, 0.5) is 0 Å². The molecule has 24 heavy (non-hydrogen) atoms. The maximum atomic E-state index is 12.3. The lowest BCUT2D eigenvalue weighted by Gasteiger charge is -2.15. The third-order valence-corrected chi connectivity index (χ3v) is 6.10. The van der Waals surface area contributed by atoms with Crippen LogP contribution in [0.1, 0.15) is 25.8 Å². The van der Waals surface area contributed by atoms with Crippen LogP contribution >= 0.6 is 0 Å². The largest absolute Gasteiger partial charge is 0.491 e. The van der Waals surface area contributed by atoms with Crippen molar-refractivity contribution in [1.29, 1.82) is 0 Å². The number of hydrogen-bond donors (Lipinski definition) is 1. The van der Waals surface area contributed by atoms with Crippen molar-refractivity contribution in [2.45, 2.75) is 38.2 Å². The summed E-state index contributed by atoms with van der Waals surface area (Å²) < 4.78 is 56.3. The molecule has 0 aliphatic rings. The van der Waals surface area contributed by atoms with Gasteiger partial charge < -0.3 is 4.74 Å². The molecule has 0 atom stereocenters. The first-order valence-electron chi connectivity index (χ1n) is 7.62. The summed E-state index contributed by atoms with van der Waals surface area (Å²) in [5.41, 5.74) is 0.739. The van der Waals surface area contributed by atoms with Gasteiger partial charge in [-0.15, -0.1) is 0 Å². The molecule has 0 fully saturated rings. The SMILES string of the molecule is Cc1cc(S(=O)(=O)NCCCN(C)S(C)(=O)=O)ccc1OC(C)C. The monoisotopic (exact) mass is 378 g/mol. The highest BCUT2D eigenvalue weighted by Gasteiger charge is 2.16. The molecule has 0 aliphatic carbocycles. The molecule has 0 amide bonds. The standard InChI is InChI=1S/C15H26N2O5S2/c1-12(2)22-15-8-7-14(11-13(15)3)24(20,21)16-9-6-10-17(4)23(5,18)19/h7-8,11-12,16H,6,9-10H2,1-5H3. The summed E-state index contributed by atoms with van der Waals surface area (Å²) in [6.45, 7) is 6.00. The molecule has 0 unspecified atom stereocenters. The lowest BCUT2D eigenvalue weighted by atomic mass is 10.2. The topological polar surface area (TPSA) is 92.8 Å². The molecule has 1 N–H and O–H groups in total. The van der Waals surface area contributed by atoms with E-state index in [1.54, 1.807) is 19.1 Å². The van der Waals surface area contributed by atoms with E-state index in [0.717, 1.165) is 11.8 Å². The van der Waals surface area contributed by atoms with Gasteiger partial charge in [-0.05, 0) is 51.0 Å². The van der Waals surface area contributed by atoms with Crippen molar-refractivity contribution in [2.75, 3.05) is 26.4 Å². The maximum Gasteiger partial charge on any atom is 0.240 e. The van der Waals surface area contributed by atoms with Gasteiger partial charge in [0.2, 0.25) is 20.0 Å². The lowest BCUT2D eigenvalue weighted by molar-refractivity contribution is 0.240. The van der Waals surface area contributed by atoms with E-state index in [0.29, 0.717) is 12.2 Å². The Balaban J connectivity index is 2.67. The number of rotatable bonds is 9. The normalized spacial score (nSPS) is 12.8. The second kappa shape index (κ2) is 8.28. The molecule has 0 aliphatic heterocycles. The molecule has 7 nitrogen and oxygen atoms in total. The summed E-state index contributed by atoms with van der Waals surface area (Å²) in [6.07, 6.45) is 1.51. The molecular weight excluding hydrogens is 352 g/mol. The lowest BCUT2D eigenvalue weighted by Crippen LogP contribution is -2.31. The van der Waals surface area contributed by atoms with Gasteiger partial charge in [0.15, 0.2) is 0 Å². The first-order valence-corrected chi connectivity index (χ1v) is 10.9. The van der Waals surface area contributed by atoms with Gasteiger partial charge in [-0.3, -0.25) is 0 Å². The van der Waals surface area contributed by atoms with Crippen molar-refractivity contribution in [2.24, 2.45) is 0 Å². The van der Waals surface area contributed by atoms with E-state index in [1.807, 2.05) is 13.8 Å². The van der Waals surface area contributed by atoms with E-state index in [4.69, 9.17) is 4.74 Å². The van der Waals surface area contributed by atoms with Crippen molar-refractivity contribution < 1.29 is 21.6 Å². The Morgan fingerprint density at radius 1 is 1.21 bits per heavy atom. The molecule has 0 heterocycles. The number of aryl methyl sites for hydroxylation is 1. The van der Waals surface area contributed by atoms with E-state index < -0.39 is 20.0 Å². The number of benzene rings is 1. The van der Waals surface area contributed by atoms with Crippen LogP contribution in [0.5, 0.6) is 5.75 Å². The minimum atomic E-state index is -3.63. The van der Waals surface area contributed by atoms with Crippen molar-refractivity contribution >= 4 is 20.0 Å². The Morgan fingerprint density at radius 3 is 2.33 bits per heavy atom. The zero-order valence-corrected chi connectivity index (χ0v) is 16.4. The first-order chi connectivity index (χ1) is 10.9. The van der Waals surface area contributed by atoms with Gasteiger partial charge in [-0.25, -0.2) is 25.9 Å². The minimum Gasteiger partial charge on any atom is -0.491 e. The molecule has 1 rings (SSSR count). The van der Waals surface area contributed by atoms with Gasteiger partial charge in [0, 0.05) is 20.1 Å². The fourth-order valence-corrected chi connectivity index (χ4v) is 3.55. The predicted octanol–water partition coefficient (Wildman–Crippen LogP) is 1.34. The van der Waals surface area contributed by atoms with E-state index >= 15 is 0 Å². The molecule has 0 radical (unpaired) electrons. The van der Waals surface area contributed by atoms with Crippen LogP contribution in [0.15, 0.2) is 23.1 Å². The Bertz CT molecular complexity index is 758. The van der Waals surface area contributed by atoms with Crippen LogP contribution in [0, 0.1) is 6.92 Å². The highest BCUT2D eigenvalue weighted by molar-refractivity contribution is 7.89. The van der Waals surface area contributed by atoms with Gasteiger partial charge in [-0.2, -0.15) is 0 Å². The molecule has 138 valence electrons. The van der Waals surface area contributed by atoms with Gasteiger partial charge in [0.05, 0.1) is 17.3 Å². The summed E-state index contributed by atoms with van der Waals surface area (Å²) in [4.78, 5) is 0.160. The summed E-state index contributed by atoms with van der Waals surface area (Å²) in [6, 6.07) is 4.69. The van der Waals surface area contributed by atoms with Gasteiger partial charge in [0.1, 0.15) is 5.75 Å². The predicted molar refractivity (Wildman–Crippen MR) is 94.2 cm³/mol. The average Bonchev–Trinajstić information content (AvgIpc) is 2.44. The van der Waals surface area contributed by atoms with E-state index in [-0.39, 0.29) is 24.1 Å². The van der Waals surface area contributed by atoms with Crippen molar-refractivity contribution in [3.63, 3.8) is 0 Å². The van der Waals surface area contributed by atoms with E-state index in [9.17, 15) is 16.8 Å². The van der Waals surface area contributed by atoms with E-state index in [1.165, 1.54) is 17.4 Å². The molecule has 1 aromatic carbocycles. The summed E-state index contributed by atoms with van der Waals surface area (Å²) >= 11 is 0. The van der Waals surface area contributed by atoms with Gasteiger partial charge in [-0.1, -0.05) is 0 Å². The number of sulfonamides is 2. The number of nitrogens with zero attached hydrogens (tertiary/aromatic N) is 1. The zero-order valence-electron chi connectivity index (χ0n) is 14.7. The Labute approximate surface area is 145 Å². The van der Waals surface area contributed by atoms with Gasteiger partial charge >= 0.3 is 0 Å². The summed E-state index contributed by atoms with van der Waals surface area (Å²) in [5.74, 6) is 0.652. The smallest absolute Gasteiger partial charge is 0.240 e.